The maximum Gasteiger partial charge on any atom is 0.251 e. The number of nitrogens with one attached hydrogen (secondary N) is 3. The molecule has 0 atom stereocenters. The molecule has 37 heavy (non-hydrogen) atoms. The van der Waals surface area contributed by atoms with E-state index in [0.717, 1.165) is 40.8 Å². The molecular weight excluding hydrogens is 470 g/mol. The van der Waals surface area contributed by atoms with E-state index in [0.29, 0.717) is 30.2 Å². The summed E-state index contributed by atoms with van der Waals surface area (Å²) in [4.78, 5) is 36.7. The Morgan fingerprint density at radius 3 is 2.35 bits per heavy atom. The van der Waals surface area contributed by atoms with Crippen molar-refractivity contribution in [1.82, 2.24) is 10.6 Å². The van der Waals surface area contributed by atoms with E-state index in [9.17, 15) is 14.4 Å². The summed E-state index contributed by atoms with van der Waals surface area (Å²) in [6.45, 7) is 4.39. The summed E-state index contributed by atoms with van der Waals surface area (Å²) in [7, 11) is 0. The Morgan fingerprint density at radius 2 is 1.62 bits per heavy atom. The second-order valence-electron chi connectivity index (χ2n) is 9.45. The first-order valence-corrected chi connectivity index (χ1v) is 12.3. The Morgan fingerprint density at radius 1 is 0.892 bits per heavy atom. The molecule has 1 aliphatic carbocycles. The van der Waals surface area contributed by atoms with Crippen molar-refractivity contribution >= 4 is 23.4 Å². The molecule has 3 N–H and O–H groups in total. The molecule has 0 bridgehead atoms. The zero-order valence-corrected chi connectivity index (χ0v) is 20.9. The first-order valence-electron chi connectivity index (χ1n) is 12.3. The highest BCUT2D eigenvalue weighted by Crippen LogP contribution is 2.51. The van der Waals surface area contributed by atoms with Gasteiger partial charge in [-0.15, -0.1) is 0 Å². The van der Waals surface area contributed by atoms with Crippen molar-refractivity contribution in [1.29, 1.82) is 0 Å². The molecule has 0 spiro atoms. The summed E-state index contributed by atoms with van der Waals surface area (Å²) in [5, 5.41) is 8.54. The Hall–Kier alpha value is -4.33. The van der Waals surface area contributed by atoms with Gasteiger partial charge in [-0.2, -0.15) is 0 Å². The number of hydrogen-bond acceptors (Lipinski definition) is 5. The van der Waals surface area contributed by atoms with Crippen LogP contribution in [0.2, 0.25) is 0 Å². The number of ether oxygens (including phenoxy) is 2. The van der Waals surface area contributed by atoms with Gasteiger partial charge in [-0.25, -0.2) is 0 Å². The van der Waals surface area contributed by atoms with Crippen LogP contribution in [0.15, 0.2) is 60.7 Å². The second-order valence-corrected chi connectivity index (χ2v) is 9.45. The lowest BCUT2D eigenvalue weighted by molar-refractivity contribution is -0.119. The number of anilines is 1. The van der Waals surface area contributed by atoms with Crippen molar-refractivity contribution in [3.05, 3.63) is 77.4 Å². The molecule has 8 heteroatoms. The average molecular weight is 504 g/mol. The van der Waals surface area contributed by atoms with Crippen LogP contribution in [0, 0.1) is 6.92 Å². The minimum absolute atomic E-state index is 0. The zero-order valence-electron chi connectivity index (χ0n) is 20.9. The predicted molar refractivity (Wildman–Crippen MR) is 144 cm³/mol. The van der Waals surface area contributed by atoms with E-state index in [1.54, 1.807) is 12.1 Å². The summed E-state index contributed by atoms with van der Waals surface area (Å²) in [6, 6.07) is 18.9. The summed E-state index contributed by atoms with van der Waals surface area (Å²) in [5.41, 5.74) is 4.62. The fourth-order valence-corrected chi connectivity index (χ4v) is 4.55. The third-order valence-corrected chi connectivity index (χ3v) is 6.85. The largest absolute Gasteiger partial charge is 0.454 e. The van der Waals surface area contributed by atoms with E-state index in [4.69, 9.17) is 9.47 Å². The summed E-state index contributed by atoms with van der Waals surface area (Å²) in [6.07, 6.45) is 1.57. The molecule has 0 saturated heterocycles. The van der Waals surface area contributed by atoms with Gasteiger partial charge in [-0.05, 0) is 78.4 Å². The van der Waals surface area contributed by atoms with Gasteiger partial charge in [0.25, 0.3) is 5.91 Å². The SMILES string of the molecule is CC(=O)NCCNC(=O)c1ccc(-c2cc(NC(=O)C3(c4ccc5c(c4)OCO5)CC3)ccc2C)cc1.[HH].[HH]. The molecule has 3 amide bonds. The minimum Gasteiger partial charge on any atom is -0.454 e. The van der Waals surface area contributed by atoms with Gasteiger partial charge in [0, 0.05) is 34.1 Å². The molecule has 1 fully saturated rings. The fraction of sp³-hybridized carbons (Fsp3) is 0.276. The molecule has 2 aliphatic rings. The minimum atomic E-state index is -0.555. The molecule has 1 saturated carbocycles. The normalized spacial score (nSPS) is 14.5. The Kier molecular flexibility index (Phi) is 6.56. The van der Waals surface area contributed by atoms with E-state index >= 15 is 0 Å². The number of carbonyl (C=O) groups excluding carboxylic acids is 3. The van der Waals surface area contributed by atoms with Gasteiger partial charge in [-0.3, -0.25) is 14.4 Å². The van der Waals surface area contributed by atoms with E-state index in [2.05, 4.69) is 16.0 Å². The maximum absolute atomic E-state index is 13.3. The van der Waals surface area contributed by atoms with Gasteiger partial charge in [0.1, 0.15) is 0 Å². The lowest BCUT2D eigenvalue weighted by Gasteiger charge is -2.17. The molecule has 3 aromatic carbocycles. The van der Waals surface area contributed by atoms with Crippen LogP contribution in [0.25, 0.3) is 11.1 Å². The molecule has 5 rings (SSSR count). The van der Waals surface area contributed by atoms with E-state index in [1.165, 1.54) is 6.92 Å². The number of rotatable bonds is 8. The van der Waals surface area contributed by atoms with Crippen LogP contribution in [0.3, 0.4) is 0 Å². The van der Waals surface area contributed by atoms with E-state index < -0.39 is 5.41 Å². The topological polar surface area (TPSA) is 106 Å². The molecular formula is C29H33N3O5. The number of hydrogen-bond donors (Lipinski definition) is 3. The highest BCUT2D eigenvalue weighted by Gasteiger charge is 2.51. The van der Waals surface area contributed by atoms with Gasteiger partial charge in [-0.1, -0.05) is 24.3 Å². The van der Waals surface area contributed by atoms with Gasteiger partial charge >= 0.3 is 0 Å². The number of fused-ring (bicyclic) bond motifs is 1. The third-order valence-electron chi connectivity index (χ3n) is 6.85. The summed E-state index contributed by atoms with van der Waals surface area (Å²) >= 11 is 0. The summed E-state index contributed by atoms with van der Waals surface area (Å²) in [5.74, 6) is 1.02. The Bertz CT molecular complexity index is 1370. The number of carbonyl (C=O) groups is 3. The van der Waals surface area contributed by atoms with Crippen molar-refractivity contribution < 1.29 is 26.7 Å². The molecule has 0 aromatic heterocycles. The second kappa shape index (κ2) is 9.97. The predicted octanol–water partition coefficient (Wildman–Crippen LogP) is 4.42. The molecule has 1 aliphatic heterocycles. The third kappa shape index (κ3) is 5.14. The average Bonchev–Trinajstić information content (AvgIpc) is 3.58. The standard InChI is InChI=1S/C29H29N3O5.2H2/c1-18-3-9-23(32-28(35)29(11-12-29)22-8-10-25-26(15-22)37-17-36-25)16-24(18)20-4-6-21(7-5-20)27(34)31-14-13-30-19(2)33;;/h3-10,15-16H,11-14,17H2,1-2H3,(H,30,33)(H,31,34)(H,32,35);2*1H. The molecule has 194 valence electrons. The van der Waals surface area contributed by atoms with Crippen molar-refractivity contribution in [3.63, 3.8) is 0 Å². The molecule has 3 aromatic rings. The molecule has 0 unspecified atom stereocenters. The van der Waals surface area contributed by atoms with E-state index in [-0.39, 0.29) is 27.4 Å². The van der Waals surface area contributed by atoms with Crippen LogP contribution in [0.4, 0.5) is 5.69 Å². The first kappa shape index (κ1) is 24.4. The highest BCUT2D eigenvalue weighted by molar-refractivity contribution is 6.02. The first-order chi connectivity index (χ1) is 17.9. The number of aryl methyl sites for hydroxylation is 1. The van der Waals surface area contributed by atoms with Gasteiger partial charge in [0.05, 0.1) is 5.41 Å². The number of benzene rings is 3. The molecule has 8 nitrogen and oxygen atoms in total. The van der Waals surface area contributed by atoms with Crippen LogP contribution >= 0.6 is 0 Å². The van der Waals surface area contributed by atoms with Crippen molar-refractivity contribution in [2.75, 3.05) is 25.2 Å². The quantitative estimate of drug-likeness (QED) is 0.395. The van der Waals surface area contributed by atoms with Crippen LogP contribution < -0.4 is 25.4 Å². The lowest BCUT2D eigenvalue weighted by atomic mass is 9.94. The van der Waals surface area contributed by atoms with Crippen LogP contribution in [-0.4, -0.2) is 37.6 Å². The highest BCUT2D eigenvalue weighted by atomic mass is 16.7. The van der Waals surface area contributed by atoms with Crippen LogP contribution in [0.5, 0.6) is 11.5 Å². The molecule has 0 radical (unpaired) electrons. The van der Waals surface area contributed by atoms with Gasteiger partial charge in [0.15, 0.2) is 11.5 Å². The molecule has 1 heterocycles. The van der Waals surface area contributed by atoms with Gasteiger partial charge < -0.3 is 25.4 Å². The monoisotopic (exact) mass is 503 g/mol. The van der Waals surface area contributed by atoms with Crippen molar-refractivity contribution in [2.24, 2.45) is 0 Å². The van der Waals surface area contributed by atoms with Crippen molar-refractivity contribution in [2.45, 2.75) is 32.1 Å². The maximum atomic E-state index is 13.3. The van der Waals surface area contributed by atoms with Crippen LogP contribution in [0.1, 0.15) is 44.1 Å². The lowest BCUT2D eigenvalue weighted by Crippen LogP contribution is -2.33. The Labute approximate surface area is 218 Å². The van der Waals surface area contributed by atoms with Crippen molar-refractivity contribution in [3.8, 4) is 22.6 Å². The Balaban J connectivity index is 0.00000210. The zero-order chi connectivity index (χ0) is 26.0. The fourth-order valence-electron chi connectivity index (χ4n) is 4.55. The smallest absolute Gasteiger partial charge is 0.251 e. The summed E-state index contributed by atoms with van der Waals surface area (Å²) < 4.78 is 10.9. The van der Waals surface area contributed by atoms with E-state index in [1.807, 2.05) is 55.5 Å². The number of amides is 3. The van der Waals surface area contributed by atoms with Gasteiger partial charge in [0.2, 0.25) is 18.6 Å². The van der Waals surface area contributed by atoms with Crippen LogP contribution in [-0.2, 0) is 15.0 Å².